The van der Waals surface area contributed by atoms with Crippen molar-refractivity contribution in [2.45, 2.75) is 75.4 Å². The van der Waals surface area contributed by atoms with Gasteiger partial charge in [0.05, 0.1) is 35.2 Å². The molecule has 1 heterocycles. The molecule has 6 N–H and O–H groups in total. The van der Waals surface area contributed by atoms with Gasteiger partial charge in [-0.3, -0.25) is 10.1 Å². The zero-order valence-electron chi connectivity index (χ0n) is 35.4. The Hall–Kier alpha value is -5.15. The van der Waals surface area contributed by atoms with E-state index in [0.29, 0.717) is 32.6 Å². The van der Waals surface area contributed by atoms with Crippen LogP contribution in [0, 0.1) is 20.8 Å². The summed E-state index contributed by atoms with van der Waals surface area (Å²) in [6, 6.07) is 18.1. The molecule has 4 aromatic rings. The number of amides is 1. The van der Waals surface area contributed by atoms with E-state index in [1.807, 2.05) is 70.2 Å². The van der Waals surface area contributed by atoms with Gasteiger partial charge in [-0.05, 0) is 103 Å². The maximum absolute atomic E-state index is 13.1. The zero-order valence-corrected chi connectivity index (χ0v) is 37.8. The van der Waals surface area contributed by atoms with E-state index in [9.17, 15) is 39.6 Å². The second-order valence-electron chi connectivity index (χ2n) is 15.4. The van der Waals surface area contributed by atoms with E-state index in [4.69, 9.17) is 16.0 Å². The highest BCUT2D eigenvalue weighted by atomic mass is 35.5. The van der Waals surface area contributed by atoms with Gasteiger partial charge in [0.15, 0.2) is 0 Å². The van der Waals surface area contributed by atoms with Crippen LogP contribution in [0.15, 0.2) is 98.1 Å². The third-order valence-electron chi connectivity index (χ3n) is 10.6. The van der Waals surface area contributed by atoms with Crippen LogP contribution in [0.5, 0.6) is 0 Å². The second-order valence-corrected chi connectivity index (χ2v) is 18.4. The number of aryl methyl sites for hydroxylation is 3. The molecule has 14 heteroatoms. The average Bonchev–Trinajstić information content (AvgIpc) is 3.20. The minimum absolute atomic E-state index is 0.113. The number of aromatic carboxylic acids is 1. The number of alkyl halides is 1. The summed E-state index contributed by atoms with van der Waals surface area (Å²) in [5.41, 5.74) is 6.00. The molecule has 0 bridgehead atoms. The SMILES string of the molecule is C=C(C)C(NC(=O)CNC(O)c1cc2c(oc1=O)=CC(O)C(Cl)C=2)C(C)SC/C(CSc1ccc(/C(c2ccc(C)cc2C)=c2\ccc(=C)cc2C)c(C(=O)O)c1)=C(\C)C(=O)O. The number of fused-ring (bicyclic) bond motifs is 1. The predicted molar refractivity (Wildman–Crippen MR) is 248 cm³/mol. The number of benzene rings is 3. The van der Waals surface area contributed by atoms with E-state index in [1.54, 1.807) is 13.0 Å². The number of aliphatic hydroxyl groups is 2. The average molecular weight is 900 g/mol. The van der Waals surface area contributed by atoms with Gasteiger partial charge in [0.2, 0.25) is 5.91 Å². The number of hydrogen-bond donors (Lipinski definition) is 6. The Morgan fingerprint density at radius 2 is 1.63 bits per heavy atom. The number of halogens is 1. The summed E-state index contributed by atoms with van der Waals surface area (Å²) in [5.74, 6) is -2.11. The number of hydrogen-bond acceptors (Lipinski definition) is 10. The highest BCUT2D eigenvalue weighted by Crippen LogP contribution is 2.33. The Labute approximate surface area is 373 Å². The standard InChI is InChI=1S/C48H51ClN2O9S2/c1-24(2)44(51-42(53)21-50-45(54)38-17-31-18-39(49)40(52)20-41(31)60-48(38)59)30(8)61-22-32(29(7)46(55)56)23-62-33-11-14-36(37(19-33)47(57)58)43(34-12-9-25(3)15-27(34)5)35-13-10-26(4)16-28(35)6/h9-20,30,39-40,44-45,50,52,54H,1,3,21-23H2,2,4-8H3,(H,51,53)(H,55,56)(H,57,58)/b32-29-,43-34+. The van der Waals surface area contributed by atoms with Gasteiger partial charge in [0.25, 0.3) is 0 Å². The lowest BCUT2D eigenvalue weighted by Gasteiger charge is -2.26. The summed E-state index contributed by atoms with van der Waals surface area (Å²) < 4.78 is 5.25. The minimum atomic E-state index is -1.55. The molecule has 62 heavy (non-hydrogen) atoms. The van der Waals surface area contributed by atoms with Gasteiger partial charge < -0.3 is 30.2 Å². The lowest BCUT2D eigenvalue weighted by Crippen LogP contribution is -2.46. The highest BCUT2D eigenvalue weighted by Gasteiger charge is 2.25. The Kier molecular flexibility index (Phi) is 16.1. The van der Waals surface area contributed by atoms with Gasteiger partial charge in [0, 0.05) is 32.4 Å². The monoisotopic (exact) mass is 898 g/mol. The van der Waals surface area contributed by atoms with Gasteiger partial charge in [0.1, 0.15) is 11.6 Å². The normalized spacial score (nSPS) is 17.0. The van der Waals surface area contributed by atoms with Crippen LogP contribution >= 0.6 is 35.1 Å². The number of carbonyl (C=O) groups is 3. The van der Waals surface area contributed by atoms with Gasteiger partial charge in [-0.25, -0.2) is 14.4 Å². The van der Waals surface area contributed by atoms with Crippen molar-refractivity contribution in [3.63, 3.8) is 0 Å². The molecule has 1 aromatic heterocycles. The Morgan fingerprint density at radius 3 is 2.27 bits per heavy atom. The zero-order chi connectivity index (χ0) is 45.6. The molecular formula is C48H51ClN2O9S2. The summed E-state index contributed by atoms with van der Waals surface area (Å²) in [6.07, 6.45) is 0.229. The molecule has 5 atom stereocenters. The van der Waals surface area contributed by atoms with Crippen molar-refractivity contribution in [2.24, 2.45) is 0 Å². The molecule has 1 aliphatic carbocycles. The number of carboxylic acids is 2. The maximum Gasteiger partial charge on any atom is 0.343 e. The molecule has 1 amide bonds. The minimum Gasteiger partial charge on any atom is -0.478 e. The maximum atomic E-state index is 13.1. The number of nitrogens with one attached hydrogen (secondary N) is 2. The summed E-state index contributed by atoms with van der Waals surface area (Å²) in [4.78, 5) is 51.6. The summed E-state index contributed by atoms with van der Waals surface area (Å²) >= 11 is 8.87. The quantitative estimate of drug-likeness (QED) is 0.0289. The van der Waals surface area contributed by atoms with Crippen LogP contribution in [0.4, 0.5) is 0 Å². The topological polar surface area (TPSA) is 186 Å². The number of carboxylic acid groups (broad SMARTS) is 2. The number of rotatable bonds is 17. The molecule has 0 aliphatic heterocycles. The lowest BCUT2D eigenvalue weighted by atomic mass is 9.88. The smallest absolute Gasteiger partial charge is 0.343 e. The summed E-state index contributed by atoms with van der Waals surface area (Å²) in [6.45, 7) is 18.9. The number of aliphatic hydroxyl groups excluding tert-OH is 2. The van der Waals surface area contributed by atoms with Gasteiger partial charge in [-0.1, -0.05) is 79.8 Å². The van der Waals surface area contributed by atoms with Crippen molar-refractivity contribution in [1.82, 2.24) is 10.6 Å². The molecule has 0 saturated carbocycles. The molecule has 11 nitrogen and oxygen atoms in total. The Bertz CT molecular complexity index is 2770. The second kappa shape index (κ2) is 20.8. The first-order valence-corrected chi connectivity index (χ1v) is 22.2. The van der Waals surface area contributed by atoms with E-state index in [2.05, 4.69) is 29.9 Å². The van der Waals surface area contributed by atoms with Crippen LogP contribution in [0.2, 0.25) is 0 Å². The third-order valence-corrected chi connectivity index (χ3v) is 13.4. The number of aliphatic carboxylic acids is 1. The molecule has 326 valence electrons. The molecule has 1 aliphatic rings. The molecule has 0 spiro atoms. The fourth-order valence-electron chi connectivity index (χ4n) is 7.10. The van der Waals surface area contributed by atoms with Crippen LogP contribution in [-0.2, 0) is 9.59 Å². The van der Waals surface area contributed by atoms with Crippen LogP contribution in [0.25, 0.3) is 24.3 Å². The van der Waals surface area contributed by atoms with Crippen LogP contribution < -0.4 is 37.3 Å². The fourth-order valence-corrected chi connectivity index (χ4v) is 9.74. The Balaban J connectivity index is 1.30. The lowest BCUT2D eigenvalue weighted by molar-refractivity contribution is -0.132. The van der Waals surface area contributed by atoms with Crippen molar-refractivity contribution in [2.75, 3.05) is 18.1 Å². The largest absolute Gasteiger partial charge is 0.478 e. The van der Waals surface area contributed by atoms with Crippen LogP contribution in [0.3, 0.4) is 0 Å². The molecule has 0 fully saturated rings. The van der Waals surface area contributed by atoms with Crippen molar-refractivity contribution in [1.29, 1.82) is 0 Å². The van der Waals surface area contributed by atoms with Gasteiger partial charge in [-0.2, -0.15) is 11.8 Å². The molecule has 5 rings (SSSR count). The van der Waals surface area contributed by atoms with Crippen LogP contribution in [0.1, 0.15) is 70.7 Å². The first-order chi connectivity index (χ1) is 29.2. The van der Waals surface area contributed by atoms with E-state index in [1.165, 1.54) is 48.7 Å². The molecule has 5 unspecified atom stereocenters. The van der Waals surface area contributed by atoms with Crippen LogP contribution in [-0.4, -0.2) is 79.1 Å². The van der Waals surface area contributed by atoms with Crippen molar-refractivity contribution in [3.8, 4) is 0 Å². The summed E-state index contributed by atoms with van der Waals surface area (Å²) in [5, 5.41) is 48.0. The van der Waals surface area contributed by atoms with Gasteiger partial charge in [-0.15, -0.1) is 23.4 Å². The fraction of sp³-hybridized carbons (Fsp3) is 0.292. The van der Waals surface area contributed by atoms with Crippen molar-refractivity contribution < 1.29 is 39.2 Å². The molecule has 0 radical (unpaired) electrons. The molecule has 3 aromatic carbocycles. The van der Waals surface area contributed by atoms with Crippen molar-refractivity contribution in [3.05, 3.63) is 154 Å². The van der Waals surface area contributed by atoms with Crippen molar-refractivity contribution >= 4 is 77.3 Å². The van der Waals surface area contributed by atoms with E-state index >= 15 is 0 Å². The molecular weight excluding hydrogens is 848 g/mol. The van der Waals surface area contributed by atoms with E-state index in [-0.39, 0.29) is 39.7 Å². The van der Waals surface area contributed by atoms with E-state index in [0.717, 1.165) is 38.3 Å². The predicted octanol–water partition coefficient (Wildman–Crippen LogP) is 4.42. The number of carbonyl (C=O) groups excluding carboxylic acids is 1. The third kappa shape index (κ3) is 11.6. The van der Waals surface area contributed by atoms with E-state index < -0.39 is 47.2 Å². The van der Waals surface area contributed by atoms with Gasteiger partial charge >= 0.3 is 17.6 Å². The number of thioether (sulfide) groups is 2. The Morgan fingerprint density at radius 1 is 0.919 bits per heavy atom. The molecule has 0 saturated heterocycles. The first-order valence-electron chi connectivity index (χ1n) is 19.7. The first kappa shape index (κ1) is 47.9. The summed E-state index contributed by atoms with van der Waals surface area (Å²) in [7, 11) is 0. The highest BCUT2D eigenvalue weighted by molar-refractivity contribution is 8.00.